The molecule has 1 aliphatic carbocycles. The molecule has 0 radical (unpaired) electrons. The molecule has 1 aliphatic heterocycles. The molecule has 0 aromatic carbocycles. The Bertz CT molecular complexity index is 1130. The molecule has 0 spiro atoms. The lowest BCUT2D eigenvalue weighted by atomic mass is 9.80. The smallest absolute Gasteiger partial charge is 0.433 e. The highest BCUT2D eigenvalue weighted by Crippen LogP contribution is 2.37. The average molecular weight is 594 g/mol. The maximum Gasteiger partial charge on any atom is 0.433 e. The van der Waals surface area contributed by atoms with Gasteiger partial charge in [-0.15, -0.1) is 0 Å². The third-order valence-corrected chi connectivity index (χ3v) is 6.18. The summed E-state index contributed by atoms with van der Waals surface area (Å²) in [6.45, 7) is 4.74. The molecule has 2 atom stereocenters. The number of esters is 1. The number of carbonyl (C=O) groups is 2. The van der Waals surface area contributed by atoms with Gasteiger partial charge in [-0.3, -0.25) is 9.59 Å². The first kappa shape index (κ1) is 36.3. The Kier molecular flexibility index (Phi) is 13.1. The number of nitrogens with zero attached hydrogens (tertiary/aromatic N) is 4. The summed E-state index contributed by atoms with van der Waals surface area (Å²) >= 11 is 0. The number of fused-ring (bicyclic) bond motifs is 1. The number of anilines is 2. The zero-order chi connectivity index (χ0) is 25.5. The van der Waals surface area contributed by atoms with E-state index in [-0.39, 0.29) is 59.8 Å². The predicted molar refractivity (Wildman–Crippen MR) is 153 cm³/mol. The highest BCUT2D eigenvalue weighted by atomic mass is 32.1. The SMILES string of the molecule is C.C.CC(=O)O[C@@H](C)[C@H]1C(=O)Nc2c(C)nc(CC3CC(Oc4ccc(C(F)(F)F)nc4)C3)nc2N1C.S.S. The molecule has 1 N–H and O–H groups in total. The first-order valence-corrected chi connectivity index (χ1v) is 11.2. The van der Waals surface area contributed by atoms with Crippen molar-refractivity contribution in [1.29, 1.82) is 0 Å². The molecule has 2 aliphatic rings. The Labute approximate surface area is 241 Å². The van der Waals surface area contributed by atoms with Crippen LogP contribution in [0.2, 0.25) is 0 Å². The number of carbonyl (C=O) groups excluding carboxylic acids is 2. The molecule has 14 heteroatoms. The van der Waals surface area contributed by atoms with E-state index in [0.29, 0.717) is 48.0 Å². The van der Waals surface area contributed by atoms with Crippen LogP contribution < -0.4 is 15.0 Å². The van der Waals surface area contributed by atoms with E-state index < -0.39 is 30.0 Å². The molecule has 0 saturated heterocycles. The highest BCUT2D eigenvalue weighted by Gasteiger charge is 2.39. The minimum atomic E-state index is -4.48. The van der Waals surface area contributed by atoms with E-state index in [1.807, 2.05) is 0 Å². The number of halogens is 3. The molecule has 1 amide bonds. The lowest BCUT2D eigenvalue weighted by Crippen LogP contribution is -2.53. The van der Waals surface area contributed by atoms with Gasteiger partial charge in [-0.1, -0.05) is 14.9 Å². The summed E-state index contributed by atoms with van der Waals surface area (Å²) in [5.74, 6) is 0.941. The number of rotatable bonds is 6. The van der Waals surface area contributed by atoms with Crippen molar-refractivity contribution in [3.05, 3.63) is 35.5 Å². The molecule has 9 nitrogen and oxygen atoms in total. The van der Waals surface area contributed by atoms with E-state index >= 15 is 0 Å². The molecule has 1 saturated carbocycles. The first-order chi connectivity index (χ1) is 16.4. The van der Waals surface area contributed by atoms with Gasteiger partial charge in [0.1, 0.15) is 35.1 Å². The maximum atomic E-state index is 12.6. The molecule has 0 unspecified atom stereocenters. The second-order valence-corrected chi connectivity index (χ2v) is 8.94. The lowest BCUT2D eigenvalue weighted by Gasteiger charge is -2.38. The van der Waals surface area contributed by atoms with E-state index in [0.717, 1.165) is 12.3 Å². The number of aromatic nitrogens is 3. The van der Waals surface area contributed by atoms with Gasteiger partial charge in [-0.2, -0.15) is 40.2 Å². The van der Waals surface area contributed by atoms with Crippen molar-refractivity contribution in [3.8, 4) is 5.75 Å². The fourth-order valence-corrected chi connectivity index (χ4v) is 4.47. The van der Waals surface area contributed by atoms with E-state index in [1.54, 1.807) is 25.8 Å². The van der Waals surface area contributed by atoms with Crippen molar-refractivity contribution in [2.24, 2.45) is 5.92 Å². The standard InChI is InChI=1S/C23H26F3N5O4.2CH4.2H2S/c1-11-19-21(31(4)20(22(33)30-19)12(2)34-13(3)32)29-18(28-11)9-14-7-16(8-14)35-15-5-6-17(27-10-15)23(24,25)26;;;;/h5-6,10,12,14,16,20H,7-9H2,1-4H3,(H,30,33);2*1H4;2*1H2/t12-,14?,16?,20-;;;;/m0..../s1. The first-order valence-electron chi connectivity index (χ1n) is 11.2. The van der Waals surface area contributed by atoms with Gasteiger partial charge < -0.3 is 19.7 Å². The van der Waals surface area contributed by atoms with Crippen LogP contribution in [0, 0.1) is 12.8 Å². The van der Waals surface area contributed by atoms with E-state index in [4.69, 9.17) is 9.47 Å². The third-order valence-electron chi connectivity index (χ3n) is 6.18. The van der Waals surface area contributed by atoms with Crippen LogP contribution in [-0.4, -0.2) is 52.1 Å². The van der Waals surface area contributed by atoms with Crippen LogP contribution in [0.15, 0.2) is 18.3 Å². The molecule has 39 heavy (non-hydrogen) atoms. The minimum absolute atomic E-state index is 0. The molecule has 220 valence electrons. The van der Waals surface area contributed by atoms with E-state index in [1.165, 1.54) is 13.0 Å². The van der Waals surface area contributed by atoms with Gasteiger partial charge >= 0.3 is 12.1 Å². The van der Waals surface area contributed by atoms with Crippen molar-refractivity contribution >= 4 is 50.4 Å². The van der Waals surface area contributed by atoms with Crippen molar-refractivity contribution in [3.63, 3.8) is 0 Å². The number of hydrogen-bond acceptors (Lipinski definition) is 8. The van der Waals surface area contributed by atoms with Crippen LogP contribution in [0.25, 0.3) is 0 Å². The topological polar surface area (TPSA) is 107 Å². The Balaban J connectivity index is 0.00000361. The van der Waals surface area contributed by atoms with Crippen LogP contribution in [0.5, 0.6) is 5.75 Å². The fraction of sp³-hybridized carbons (Fsp3) is 0.560. The summed E-state index contributed by atoms with van der Waals surface area (Å²) in [6.07, 6.45) is -2.18. The maximum absolute atomic E-state index is 12.6. The van der Waals surface area contributed by atoms with Gasteiger partial charge in [0.2, 0.25) is 0 Å². The summed E-state index contributed by atoms with van der Waals surface area (Å²) in [7, 11) is 1.73. The van der Waals surface area contributed by atoms with Crippen molar-refractivity contribution in [2.75, 3.05) is 17.3 Å². The second kappa shape index (κ2) is 14.1. The Hall–Kier alpha value is -2.74. The van der Waals surface area contributed by atoms with Gasteiger partial charge in [-0.05, 0) is 44.7 Å². The average Bonchev–Trinajstić information content (AvgIpc) is 2.72. The van der Waals surface area contributed by atoms with Crippen LogP contribution in [0.1, 0.15) is 58.8 Å². The zero-order valence-electron chi connectivity index (χ0n) is 20.7. The number of pyridine rings is 1. The normalized spacial score (nSPS) is 20.2. The number of likely N-dealkylation sites (N-methyl/N-ethyl adjacent to an activating group) is 1. The quantitative estimate of drug-likeness (QED) is 0.476. The number of hydrogen-bond donors (Lipinski definition) is 1. The van der Waals surface area contributed by atoms with Gasteiger partial charge in [0.25, 0.3) is 5.91 Å². The van der Waals surface area contributed by atoms with Gasteiger partial charge in [0.15, 0.2) is 5.82 Å². The number of alkyl halides is 3. The Morgan fingerprint density at radius 3 is 2.38 bits per heavy atom. The largest absolute Gasteiger partial charge is 0.489 e. The predicted octanol–water partition coefficient (Wildman–Crippen LogP) is 4.81. The van der Waals surface area contributed by atoms with Gasteiger partial charge in [0.05, 0.1) is 18.0 Å². The number of aryl methyl sites for hydroxylation is 1. The Morgan fingerprint density at radius 1 is 1.21 bits per heavy atom. The van der Waals surface area contributed by atoms with Crippen molar-refractivity contribution < 1.29 is 32.2 Å². The van der Waals surface area contributed by atoms with E-state index in [9.17, 15) is 22.8 Å². The summed E-state index contributed by atoms with van der Waals surface area (Å²) in [6, 6.07) is 1.45. The summed E-state index contributed by atoms with van der Waals surface area (Å²) < 4.78 is 48.9. The molecular formula is C25H38F3N5O4S2. The lowest BCUT2D eigenvalue weighted by molar-refractivity contribution is -0.147. The fourth-order valence-electron chi connectivity index (χ4n) is 4.47. The van der Waals surface area contributed by atoms with Crippen molar-refractivity contribution in [1.82, 2.24) is 15.0 Å². The van der Waals surface area contributed by atoms with Crippen LogP contribution in [0.3, 0.4) is 0 Å². The van der Waals surface area contributed by atoms with E-state index in [2.05, 4.69) is 20.3 Å². The monoisotopic (exact) mass is 593 g/mol. The minimum Gasteiger partial charge on any atom is -0.489 e. The Morgan fingerprint density at radius 2 is 1.85 bits per heavy atom. The van der Waals surface area contributed by atoms with Gasteiger partial charge in [-0.25, -0.2) is 15.0 Å². The van der Waals surface area contributed by atoms with Crippen molar-refractivity contribution in [2.45, 2.75) is 79.3 Å². The molecular weight excluding hydrogens is 555 g/mol. The number of ether oxygens (including phenoxy) is 2. The van der Waals surface area contributed by atoms with Crippen LogP contribution in [-0.2, 0) is 26.9 Å². The molecule has 1 fully saturated rings. The summed E-state index contributed by atoms with van der Waals surface area (Å²) in [5.41, 5.74) is 0.200. The summed E-state index contributed by atoms with van der Waals surface area (Å²) in [5, 5.41) is 2.83. The van der Waals surface area contributed by atoms with Gasteiger partial charge in [0, 0.05) is 20.4 Å². The molecule has 2 aromatic heterocycles. The summed E-state index contributed by atoms with van der Waals surface area (Å²) in [4.78, 5) is 38.3. The number of amides is 1. The second-order valence-electron chi connectivity index (χ2n) is 8.94. The third kappa shape index (κ3) is 8.13. The number of nitrogens with one attached hydrogen (secondary N) is 1. The highest BCUT2D eigenvalue weighted by molar-refractivity contribution is 7.59. The van der Waals surface area contributed by atoms with Crippen LogP contribution in [0.4, 0.5) is 24.7 Å². The molecule has 4 rings (SSSR count). The molecule has 2 aromatic rings. The zero-order valence-corrected chi connectivity index (χ0v) is 22.7. The molecule has 0 bridgehead atoms. The van der Waals surface area contributed by atoms with Crippen LogP contribution >= 0.6 is 27.0 Å². The molecule has 3 heterocycles.